The minimum absolute atomic E-state index is 0.0956. The first-order valence-corrected chi connectivity index (χ1v) is 13.9. The lowest BCUT2D eigenvalue weighted by atomic mass is 9.75. The summed E-state index contributed by atoms with van der Waals surface area (Å²) in [5, 5.41) is 21.3. The number of anilines is 2. The number of halogens is 3. The molecule has 6 rings (SSSR count). The van der Waals surface area contributed by atoms with Crippen LogP contribution in [0, 0.1) is 16.7 Å². The van der Waals surface area contributed by atoms with Gasteiger partial charge in [0.05, 0.1) is 30.1 Å². The topological polar surface area (TPSA) is 145 Å². The summed E-state index contributed by atoms with van der Waals surface area (Å²) in [4.78, 5) is 33.7. The molecule has 2 fully saturated rings. The highest BCUT2D eigenvalue weighted by molar-refractivity contribution is 5.97. The van der Waals surface area contributed by atoms with E-state index in [9.17, 15) is 22.8 Å². The van der Waals surface area contributed by atoms with Gasteiger partial charge in [0, 0.05) is 61.4 Å². The van der Waals surface area contributed by atoms with Crippen molar-refractivity contribution in [3.05, 3.63) is 59.8 Å². The number of fused-ring (bicyclic) bond motifs is 1. The average molecular weight is 609 g/mol. The van der Waals surface area contributed by atoms with Gasteiger partial charge in [0.25, 0.3) is 5.91 Å². The lowest BCUT2D eigenvalue weighted by molar-refractivity contribution is -0.141. The molecule has 0 atom stereocenters. The normalized spacial score (nSPS) is 15.5. The first-order chi connectivity index (χ1) is 21.1. The zero-order chi connectivity index (χ0) is 31.5. The summed E-state index contributed by atoms with van der Waals surface area (Å²) < 4.78 is 43.3. The number of nitrogens with zero attached hydrogens (tertiary/aromatic N) is 7. The first-order valence-electron chi connectivity index (χ1n) is 13.9. The van der Waals surface area contributed by atoms with Gasteiger partial charge in [-0.05, 0) is 37.2 Å². The van der Waals surface area contributed by atoms with Crippen molar-refractivity contribution in [1.29, 1.82) is 5.26 Å². The zero-order valence-corrected chi connectivity index (χ0v) is 24.1. The molecule has 3 N–H and O–H groups in total. The number of carbonyl (C=O) groups excluding carboxylic acids is 2. The summed E-state index contributed by atoms with van der Waals surface area (Å²) in [6.45, 7) is 6.60. The van der Waals surface area contributed by atoms with Crippen LogP contribution in [-0.2, 0) is 23.9 Å². The number of rotatable bonds is 8. The van der Waals surface area contributed by atoms with E-state index in [1.165, 1.54) is 49.2 Å². The van der Waals surface area contributed by atoms with Crippen molar-refractivity contribution in [2.45, 2.75) is 26.1 Å². The standard InChI is InChI=1S/C23H19F3N8O2.C6H12N2/c1-2-14-11-15(3-4-16(14)22(36)29-7-10-35)31-20-21-30-12-18(34(21)9-6-28-20)17-13-33(8-5-27)32-19(17)23(24,25)26;1-8-4-6(5-8)2-7-3-6/h3-4,6,9-13H,2,7-8H2,1H3,(H,28,31)(H,29,36);7H,2-5H2,1H3. The van der Waals surface area contributed by atoms with Crippen molar-refractivity contribution in [2.75, 3.05) is 45.1 Å². The second-order valence-electron chi connectivity index (χ2n) is 10.9. The molecule has 44 heavy (non-hydrogen) atoms. The number of carbonyl (C=O) groups is 2. The number of alkyl halides is 3. The van der Waals surface area contributed by atoms with Gasteiger partial charge in [-0.2, -0.15) is 23.5 Å². The maximum Gasteiger partial charge on any atom is 0.435 e. The molecule has 2 aliphatic heterocycles. The zero-order valence-electron chi connectivity index (χ0n) is 24.1. The number of amides is 1. The largest absolute Gasteiger partial charge is 0.435 e. The number of nitrogens with one attached hydrogen (secondary N) is 3. The Bertz CT molecular complexity index is 1710. The molecule has 2 aliphatic rings. The number of likely N-dealkylation sites (tertiary alicyclic amines) is 1. The SMILES string of the molecule is CCc1cc(Nc2nccn3c(-c4cn(CC#N)nc4C(F)(F)F)cnc23)ccc1C(=O)NCC=O.CN1CC2(CNC2)C1. The van der Waals surface area contributed by atoms with Crippen LogP contribution in [0.5, 0.6) is 0 Å². The second kappa shape index (κ2) is 12.4. The first kappa shape index (κ1) is 30.6. The van der Waals surface area contributed by atoms with E-state index in [0.29, 0.717) is 24.0 Å². The van der Waals surface area contributed by atoms with E-state index >= 15 is 0 Å². The fourth-order valence-corrected chi connectivity index (χ4v) is 5.53. The van der Waals surface area contributed by atoms with Crippen molar-refractivity contribution in [1.82, 2.24) is 39.7 Å². The molecule has 4 aromatic rings. The summed E-state index contributed by atoms with van der Waals surface area (Å²) in [6.07, 6.45) is 1.73. The number of imidazole rings is 1. The third kappa shape index (κ3) is 6.26. The van der Waals surface area contributed by atoms with Gasteiger partial charge in [0.15, 0.2) is 17.2 Å². The van der Waals surface area contributed by atoms with E-state index in [4.69, 9.17) is 5.26 Å². The molecule has 12 nitrogen and oxygen atoms in total. The highest BCUT2D eigenvalue weighted by Gasteiger charge is 2.45. The number of hydrogen-bond donors (Lipinski definition) is 3. The van der Waals surface area contributed by atoms with Crippen LogP contribution in [0.2, 0.25) is 0 Å². The Morgan fingerprint density at radius 1 is 1.25 bits per heavy atom. The smallest absolute Gasteiger partial charge is 0.345 e. The van der Waals surface area contributed by atoms with Gasteiger partial charge in [0.1, 0.15) is 12.8 Å². The lowest BCUT2D eigenvalue weighted by Crippen LogP contribution is -2.69. The van der Waals surface area contributed by atoms with Crippen molar-refractivity contribution >= 4 is 29.3 Å². The van der Waals surface area contributed by atoms with Gasteiger partial charge in [-0.1, -0.05) is 6.92 Å². The summed E-state index contributed by atoms with van der Waals surface area (Å²) in [7, 11) is 2.18. The third-order valence-corrected chi connectivity index (χ3v) is 7.52. The summed E-state index contributed by atoms with van der Waals surface area (Å²) in [5.41, 5.74) is 1.51. The highest BCUT2D eigenvalue weighted by atomic mass is 19.4. The minimum atomic E-state index is -4.73. The Labute approximate surface area is 250 Å². The van der Waals surface area contributed by atoms with Crippen molar-refractivity contribution < 1.29 is 22.8 Å². The Hall–Kier alpha value is -4.81. The molecule has 230 valence electrons. The number of aromatic nitrogens is 5. The van der Waals surface area contributed by atoms with Crippen LogP contribution >= 0.6 is 0 Å². The van der Waals surface area contributed by atoms with E-state index in [2.05, 4.69) is 43.0 Å². The van der Waals surface area contributed by atoms with Crippen LogP contribution in [0.4, 0.5) is 24.7 Å². The Kier molecular flexibility index (Phi) is 8.66. The molecule has 5 heterocycles. The van der Waals surface area contributed by atoms with Crippen LogP contribution in [-0.4, -0.2) is 81.0 Å². The number of aryl methyl sites for hydroxylation is 1. The van der Waals surface area contributed by atoms with E-state index in [-0.39, 0.29) is 41.7 Å². The summed E-state index contributed by atoms with van der Waals surface area (Å²) in [5.74, 6) is -0.0945. The second-order valence-corrected chi connectivity index (χ2v) is 10.9. The minimum Gasteiger partial charge on any atom is -0.345 e. The van der Waals surface area contributed by atoms with E-state index in [1.54, 1.807) is 24.3 Å². The molecular formula is C29H31F3N10O2. The molecular weight excluding hydrogens is 577 g/mol. The van der Waals surface area contributed by atoms with Crippen LogP contribution in [0.3, 0.4) is 0 Å². The monoisotopic (exact) mass is 608 g/mol. The number of nitriles is 1. The van der Waals surface area contributed by atoms with Crippen LogP contribution < -0.4 is 16.0 Å². The lowest BCUT2D eigenvalue weighted by Gasteiger charge is -2.55. The molecule has 1 amide bonds. The molecule has 1 spiro atoms. The summed E-state index contributed by atoms with van der Waals surface area (Å²) >= 11 is 0. The number of benzene rings is 1. The van der Waals surface area contributed by atoms with E-state index in [1.807, 2.05) is 6.92 Å². The van der Waals surface area contributed by atoms with E-state index in [0.717, 1.165) is 21.9 Å². The number of hydrogen-bond acceptors (Lipinski definition) is 9. The molecule has 3 aromatic heterocycles. The Morgan fingerprint density at radius 3 is 2.61 bits per heavy atom. The Morgan fingerprint density at radius 2 is 2.02 bits per heavy atom. The molecule has 0 radical (unpaired) electrons. The van der Waals surface area contributed by atoms with Crippen LogP contribution in [0.1, 0.15) is 28.5 Å². The van der Waals surface area contributed by atoms with Crippen LogP contribution in [0.15, 0.2) is 43.0 Å². The van der Waals surface area contributed by atoms with Crippen LogP contribution in [0.25, 0.3) is 16.9 Å². The molecule has 0 unspecified atom stereocenters. The highest BCUT2D eigenvalue weighted by Crippen LogP contribution is 2.37. The predicted molar refractivity (Wildman–Crippen MR) is 155 cm³/mol. The summed E-state index contributed by atoms with van der Waals surface area (Å²) in [6, 6.07) is 6.78. The maximum absolute atomic E-state index is 13.6. The van der Waals surface area contributed by atoms with Crippen molar-refractivity contribution in [3.63, 3.8) is 0 Å². The predicted octanol–water partition coefficient (Wildman–Crippen LogP) is 2.89. The third-order valence-electron chi connectivity index (χ3n) is 7.52. The molecule has 1 aromatic carbocycles. The molecule has 0 bridgehead atoms. The van der Waals surface area contributed by atoms with Gasteiger partial charge >= 0.3 is 6.18 Å². The Balaban J connectivity index is 0.000000410. The van der Waals surface area contributed by atoms with Gasteiger partial charge in [-0.25, -0.2) is 9.97 Å². The molecule has 0 aliphatic carbocycles. The quantitative estimate of drug-likeness (QED) is 0.257. The van der Waals surface area contributed by atoms with Gasteiger partial charge < -0.3 is 25.6 Å². The fraction of sp³-hybridized carbons (Fsp3) is 0.379. The van der Waals surface area contributed by atoms with Crippen molar-refractivity contribution in [2.24, 2.45) is 5.41 Å². The molecule has 0 saturated carbocycles. The van der Waals surface area contributed by atoms with Crippen molar-refractivity contribution in [3.8, 4) is 17.3 Å². The fourth-order valence-electron chi connectivity index (χ4n) is 5.53. The van der Waals surface area contributed by atoms with Gasteiger partial charge in [0.2, 0.25) is 0 Å². The average Bonchev–Trinajstić information content (AvgIpc) is 3.58. The van der Waals surface area contributed by atoms with E-state index < -0.39 is 11.9 Å². The molecule has 15 heteroatoms. The molecule has 2 saturated heterocycles. The maximum atomic E-state index is 13.6. The van der Waals surface area contributed by atoms with Gasteiger partial charge in [-0.3, -0.25) is 13.9 Å². The number of aldehydes is 1. The van der Waals surface area contributed by atoms with Gasteiger partial charge in [-0.15, -0.1) is 0 Å².